The van der Waals surface area contributed by atoms with Crippen molar-refractivity contribution < 1.29 is 9.53 Å². The molecular weight excluding hydrogens is 354 g/mol. The number of carbonyl (C=O) groups is 1. The average molecular weight is 381 g/mol. The Kier molecular flexibility index (Phi) is 5.71. The summed E-state index contributed by atoms with van der Waals surface area (Å²) in [6.45, 7) is 5.51. The van der Waals surface area contributed by atoms with Crippen molar-refractivity contribution in [2.45, 2.75) is 38.7 Å². The molecule has 4 rings (SSSR count). The quantitative estimate of drug-likeness (QED) is 0.800. The Morgan fingerprint density at radius 2 is 1.96 bits per heavy atom. The van der Waals surface area contributed by atoms with E-state index in [4.69, 9.17) is 4.74 Å². The molecule has 2 aliphatic rings. The van der Waals surface area contributed by atoms with Crippen LogP contribution in [0.3, 0.4) is 0 Å². The van der Waals surface area contributed by atoms with Crippen molar-refractivity contribution in [2.24, 2.45) is 0 Å². The molecule has 0 saturated carbocycles. The van der Waals surface area contributed by atoms with E-state index in [2.05, 4.69) is 37.6 Å². The number of rotatable bonds is 6. The summed E-state index contributed by atoms with van der Waals surface area (Å²) >= 11 is 0. The fourth-order valence-corrected chi connectivity index (χ4v) is 3.72. The van der Waals surface area contributed by atoms with Gasteiger partial charge in [0.05, 0.1) is 6.10 Å². The Hall–Kier alpha value is -2.67. The summed E-state index contributed by atoms with van der Waals surface area (Å²) in [6, 6.07) is 9.68. The van der Waals surface area contributed by atoms with Gasteiger partial charge in [-0.05, 0) is 56.9 Å². The average Bonchev–Trinajstić information content (AvgIpc) is 3.41. The number of aryl methyl sites for hydroxylation is 1. The van der Waals surface area contributed by atoms with Crippen molar-refractivity contribution >= 4 is 23.1 Å². The van der Waals surface area contributed by atoms with Gasteiger partial charge in [-0.25, -0.2) is 9.97 Å². The number of nitrogens with one attached hydrogen (secondary N) is 2. The maximum absolute atomic E-state index is 12.7. The second-order valence-corrected chi connectivity index (χ2v) is 7.40. The number of nitrogens with zero attached hydrogens (tertiary/aromatic N) is 3. The molecule has 2 saturated heterocycles. The Morgan fingerprint density at radius 3 is 2.68 bits per heavy atom. The summed E-state index contributed by atoms with van der Waals surface area (Å²) in [4.78, 5) is 23.7. The number of carbonyl (C=O) groups excluding carboxylic acids is 1. The molecule has 148 valence electrons. The molecule has 0 radical (unpaired) electrons. The molecule has 0 spiro atoms. The van der Waals surface area contributed by atoms with Crippen molar-refractivity contribution in [2.75, 3.05) is 41.8 Å². The molecule has 2 aromatic rings. The molecule has 2 aliphatic heterocycles. The zero-order valence-corrected chi connectivity index (χ0v) is 16.3. The SMILES string of the molecule is Cc1nc(NCC2CCCO2)cc(C(=O)Nc2ccc(N3CCCC3)cc2)n1. The van der Waals surface area contributed by atoms with Crippen molar-refractivity contribution in [3.8, 4) is 0 Å². The fraction of sp³-hybridized carbons (Fsp3) is 0.476. The van der Waals surface area contributed by atoms with E-state index >= 15 is 0 Å². The molecule has 2 N–H and O–H groups in total. The van der Waals surface area contributed by atoms with Gasteiger partial charge in [0.25, 0.3) is 5.91 Å². The lowest BCUT2D eigenvalue weighted by Gasteiger charge is -2.17. The Labute approximate surface area is 165 Å². The fourth-order valence-electron chi connectivity index (χ4n) is 3.72. The van der Waals surface area contributed by atoms with E-state index in [1.54, 1.807) is 13.0 Å². The highest BCUT2D eigenvalue weighted by molar-refractivity contribution is 6.03. The monoisotopic (exact) mass is 381 g/mol. The Morgan fingerprint density at radius 1 is 1.18 bits per heavy atom. The highest BCUT2D eigenvalue weighted by Gasteiger charge is 2.17. The molecule has 1 unspecified atom stereocenters. The molecule has 1 atom stereocenters. The third-order valence-corrected chi connectivity index (χ3v) is 5.20. The summed E-state index contributed by atoms with van der Waals surface area (Å²) in [5.74, 6) is 0.976. The molecule has 1 aromatic heterocycles. The molecule has 7 heteroatoms. The smallest absolute Gasteiger partial charge is 0.274 e. The topological polar surface area (TPSA) is 79.4 Å². The van der Waals surface area contributed by atoms with Crippen molar-refractivity contribution in [3.05, 3.63) is 41.9 Å². The van der Waals surface area contributed by atoms with Crippen LogP contribution in [0.1, 0.15) is 42.0 Å². The maximum Gasteiger partial charge on any atom is 0.274 e. The Balaban J connectivity index is 1.39. The molecule has 2 fully saturated rings. The van der Waals surface area contributed by atoms with E-state index in [1.165, 1.54) is 18.5 Å². The van der Waals surface area contributed by atoms with E-state index < -0.39 is 0 Å². The summed E-state index contributed by atoms with van der Waals surface area (Å²) in [6.07, 6.45) is 4.85. The van der Waals surface area contributed by atoms with Crippen LogP contribution in [0.15, 0.2) is 30.3 Å². The molecule has 28 heavy (non-hydrogen) atoms. The third-order valence-electron chi connectivity index (χ3n) is 5.20. The minimum absolute atomic E-state index is 0.210. The first-order valence-corrected chi connectivity index (χ1v) is 10.0. The van der Waals surface area contributed by atoms with Crippen LogP contribution in [0.2, 0.25) is 0 Å². The number of benzene rings is 1. The van der Waals surface area contributed by atoms with Crippen LogP contribution in [0.5, 0.6) is 0 Å². The van der Waals surface area contributed by atoms with Crippen LogP contribution in [0.25, 0.3) is 0 Å². The van der Waals surface area contributed by atoms with Gasteiger partial charge in [-0.3, -0.25) is 4.79 Å². The lowest BCUT2D eigenvalue weighted by atomic mass is 10.2. The minimum atomic E-state index is -0.236. The van der Waals surface area contributed by atoms with Gasteiger partial charge in [0.1, 0.15) is 17.3 Å². The second kappa shape index (κ2) is 8.56. The van der Waals surface area contributed by atoms with Gasteiger partial charge in [-0.15, -0.1) is 0 Å². The zero-order chi connectivity index (χ0) is 19.3. The van der Waals surface area contributed by atoms with Gasteiger partial charge in [0.2, 0.25) is 0 Å². The lowest BCUT2D eigenvalue weighted by Crippen LogP contribution is -2.20. The van der Waals surface area contributed by atoms with Crippen molar-refractivity contribution in [3.63, 3.8) is 0 Å². The normalized spacial score (nSPS) is 19.0. The van der Waals surface area contributed by atoms with Crippen molar-refractivity contribution in [1.82, 2.24) is 9.97 Å². The van der Waals surface area contributed by atoms with E-state index in [1.807, 2.05) is 12.1 Å². The molecule has 0 bridgehead atoms. The molecule has 7 nitrogen and oxygen atoms in total. The number of hydrogen-bond donors (Lipinski definition) is 2. The van der Waals surface area contributed by atoms with E-state index in [0.717, 1.165) is 38.2 Å². The molecule has 0 aliphatic carbocycles. The zero-order valence-electron chi connectivity index (χ0n) is 16.3. The number of hydrogen-bond acceptors (Lipinski definition) is 6. The van der Waals surface area contributed by atoms with Crippen LogP contribution in [0, 0.1) is 6.92 Å². The molecule has 3 heterocycles. The number of ether oxygens (including phenoxy) is 1. The summed E-state index contributed by atoms with van der Waals surface area (Å²) < 4.78 is 5.62. The van der Waals surface area contributed by atoms with Gasteiger partial charge in [0, 0.05) is 43.7 Å². The predicted molar refractivity (Wildman–Crippen MR) is 110 cm³/mol. The first kappa shape index (κ1) is 18.7. The van der Waals surface area contributed by atoms with Gasteiger partial charge in [-0.1, -0.05) is 0 Å². The van der Waals surface area contributed by atoms with Gasteiger partial charge in [-0.2, -0.15) is 0 Å². The highest BCUT2D eigenvalue weighted by Crippen LogP contribution is 2.22. The minimum Gasteiger partial charge on any atom is -0.376 e. The molecular formula is C21H27N5O2. The summed E-state index contributed by atoms with van der Waals surface area (Å²) in [5, 5.41) is 6.19. The first-order chi connectivity index (χ1) is 13.7. The number of aromatic nitrogens is 2. The van der Waals surface area contributed by atoms with Crippen LogP contribution in [0.4, 0.5) is 17.2 Å². The van der Waals surface area contributed by atoms with Gasteiger partial charge < -0.3 is 20.3 Å². The summed E-state index contributed by atoms with van der Waals surface area (Å²) in [5.41, 5.74) is 2.32. The van der Waals surface area contributed by atoms with Crippen molar-refractivity contribution in [1.29, 1.82) is 0 Å². The summed E-state index contributed by atoms with van der Waals surface area (Å²) in [7, 11) is 0. The largest absolute Gasteiger partial charge is 0.376 e. The maximum atomic E-state index is 12.7. The van der Waals surface area contributed by atoms with Crippen LogP contribution in [-0.2, 0) is 4.74 Å². The third kappa shape index (κ3) is 4.59. The van der Waals surface area contributed by atoms with Crippen LogP contribution < -0.4 is 15.5 Å². The van der Waals surface area contributed by atoms with Crippen LogP contribution >= 0.6 is 0 Å². The standard InChI is InChI=1S/C21H27N5O2/c1-15-23-19(13-20(24-15)22-14-18-5-4-12-28-18)21(27)25-16-6-8-17(9-7-16)26-10-2-3-11-26/h6-9,13,18H,2-5,10-12,14H2,1H3,(H,25,27)(H,22,23,24). The second-order valence-electron chi connectivity index (χ2n) is 7.40. The van der Waals surface area contributed by atoms with E-state index in [-0.39, 0.29) is 12.0 Å². The molecule has 1 aromatic carbocycles. The van der Waals surface area contributed by atoms with Gasteiger partial charge >= 0.3 is 0 Å². The highest BCUT2D eigenvalue weighted by atomic mass is 16.5. The van der Waals surface area contributed by atoms with E-state index in [9.17, 15) is 4.79 Å². The van der Waals surface area contributed by atoms with Crippen LogP contribution in [-0.4, -0.2) is 48.2 Å². The predicted octanol–water partition coefficient (Wildman–Crippen LogP) is 3.23. The Bertz CT molecular complexity index is 812. The number of amides is 1. The lowest BCUT2D eigenvalue weighted by molar-refractivity contribution is 0.102. The number of anilines is 3. The molecule has 1 amide bonds. The first-order valence-electron chi connectivity index (χ1n) is 10.0. The van der Waals surface area contributed by atoms with Gasteiger partial charge in [0.15, 0.2) is 0 Å². The van der Waals surface area contributed by atoms with E-state index in [0.29, 0.717) is 23.9 Å².